The SMILES string of the molecule is Nc1nc(N)n2c1ccn2N(CCO)CCO. The van der Waals surface area contributed by atoms with Crippen LogP contribution < -0.4 is 16.5 Å². The second-order valence-electron chi connectivity index (χ2n) is 3.59. The maximum atomic E-state index is 8.99. The number of rotatable bonds is 5. The van der Waals surface area contributed by atoms with Crippen LogP contribution in [0.15, 0.2) is 12.3 Å². The van der Waals surface area contributed by atoms with Crippen LogP contribution in [0.3, 0.4) is 0 Å². The molecule has 0 aliphatic carbocycles. The van der Waals surface area contributed by atoms with Crippen molar-refractivity contribution in [1.29, 1.82) is 0 Å². The fourth-order valence-corrected chi connectivity index (χ4v) is 1.80. The van der Waals surface area contributed by atoms with Crippen LogP contribution in [0.25, 0.3) is 5.52 Å². The van der Waals surface area contributed by atoms with Gasteiger partial charge in [-0.3, -0.25) is 5.01 Å². The Balaban J connectivity index is 2.45. The molecule has 0 unspecified atom stereocenters. The maximum absolute atomic E-state index is 8.99. The molecular weight excluding hydrogens is 224 g/mol. The molecule has 8 nitrogen and oxygen atoms in total. The molecule has 0 aliphatic rings. The molecule has 2 heterocycles. The fraction of sp³-hybridized carbons (Fsp3) is 0.444. The first kappa shape index (κ1) is 11.6. The van der Waals surface area contributed by atoms with Crippen molar-refractivity contribution in [3.8, 4) is 0 Å². The lowest BCUT2D eigenvalue weighted by molar-refractivity contribution is 0.259. The third kappa shape index (κ3) is 1.87. The summed E-state index contributed by atoms with van der Waals surface area (Å²) in [4.78, 5) is 5.64. The molecule has 2 aromatic rings. The predicted molar refractivity (Wildman–Crippen MR) is 64.1 cm³/mol. The molecule has 2 aromatic heterocycles. The minimum Gasteiger partial charge on any atom is -0.394 e. The molecule has 0 bridgehead atoms. The third-order valence-corrected chi connectivity index (χ3v) is 2.52. The Bertz CT molecular complexity index is 499. The Hall–Kier alpha value is -1.93. The smallest absolute Gasteiger partial charge is 0.223 e. The van der Waals surface area contributed by atoms with Crippen molar-refractivity contribution in [2.24, 2.45) is 0 Å². The number of aromatic nitrogens is 3. The second-order valence-corrected chi connectivity index (χ2v) is 3.59. The molecule has 0 fully saturated rings. The van der Waals surface area contributed by atoms with Gasteiger partial charge in [0.2, 0.25) is 5.95 Å². The Morgan fingerprint density at radius 1 is 1.24 bits per heavy atom. The van der Waals surface area contributed by atoms with Gasteiger partial charge in [-0.15, -0.1) is 0 Å². The third-order valence-electron chi connectivity index (χ3n) is 2.52. The van der Waals surface area contributed by atoms with Crippen molar-refractivity contribution in [2.75, 3.05) is 42.8 Å². The van der Waals surface area contributed by atoms with E-state index in [1.165, 1.54) is 0 Å². The zero-order chi connectivity index (χ0) is 12.4. The van der Waals surface area contributed by atoms with Gasteiger partial charge in [0, 0.05) is 6.20 Å². The van der Waals surface area contributed by atoms with E-state index in [-0.39, 0.29) is 19.2 Å². The molecule has 17 heavy (non-hydrogen) atoms. The van der Waals surface area contributed by atoms with E-state index in [2.05, 4.69) is 4.98 Å². The molecule has 0 saturated carbocycles. The number of imidazole rings is 1. The van der Waals surface area contributed by atoms with E-state index in [1.807, 2.05) is 0 Å². The van der Waals surface area contributed by atoms with Crippen LogP contribution in [0.5, 0.6) is 0 Å². The van der Waals surface area contributed by atoms with Crippen molar-refractivity contribution < 1.29 is 10.2 Å². The Morgan fingerprint density at radius 3 is 2.47 bits per heavy atom. The van der Waals surface area contributed by atoms with Gasteiger partial charge in [0.05, 0.1) is 26.3 Å². The van der Waals surface area contributed by atoms with E-state index in [0.717, 1.165) is 0 Å². The highest BCUT2D eigenvalue weighted by Gasteiger charge is 2.13. The molecular formula is C9H16N6O2. The van der Waals surface area contributed by atoms with Crippen LogP contribution >= 0.6 is 0 Å². The van der Waals surface area contributed by atoms with Gasteiger partial charge in [-0.25, -0.2) is 0 Å². The zero-order valence-electron chi connectivity index (χ0n) is 9.32. The number of nitrogens with two attached hydrogens (primary N) is 2. The first-order valence-corrected chi connectivity index (χ1v) is 5.27. The van der Waals surface area contributed by atoms with Crippen LogP contribution in [0.1, 0.15) is 0 Å². The van der Waals surface area contributed by atoms with E-state index in [0.29, 0.717) is 24.4 Å². The zero-order valence-corrected chi connectivity index (χ0v) is 9.32. The van der Waals surface area contributed by atoms with Gasteiger partial charge < -0.3 is 21.7 Å². The van der Waals surface area contributed by atoms with Gasteiger partial charge in [-0.2, -0.15) is 14.3 Å². The van der Waals surface area contributed by atoms with E-state index in [1.54, 1.807) is 26.6 Å². The summed E-state index contributed by atoms with van der Waals surface area (Å²) in [5, 5.41) is 19.7. The van der Waals surface area contributed by atoms with Gasteiger partial charge in [-0.1, -0.05) is 0 Å². The lowest BCUT2D eigenvalue weighted by Crippen LogP contribution is -2.41. The minimum atomic E-state index is -0.0241. The largest absolute Gasteiger partial charge is 0.394 e. The lowest BCUT2D eigenvalue weighted by atomic mass is 10.5. The van der Waals surface area contributed by atoms with Gasteiger partial charge in [-0.05, 0) is 6.07 Å². The molecule has 8 heteroatoms. The molecule has 0 aromatic carbocycles. The molecule has 0 saturated heterocycles. The van der Waals surface area contributed by atoms with Crippen molar-refractivity contribution in [3.05, 3.63) is 12.3 Å². The summed E-state index contributed by atoms with van der Waals surface area (Å²) >= 11 is 0. The molecule has 0 radical (unpaired) electrons. The normalized spacial score (nSPS) is 11.2. The summed E-state index contributed by atoms with van der Waals surface area (Å²) in [6, 6.07) is 1.78. The molecule has 0 amide bonds. The molecule has 2 rings (SSSR count). The quantitative estimate of drug-likeness (QED) is 0.491. The number of anilines is 2. The van der Waals surface area contributed by atoms with E-state index >= 15 is 0 Å². The molecule has 94 valence electrons. The van der Waals surface area contributed by atoms with Crippen LogP contribution in [0, 0.1) is 0 Å². The van der Waals surface area contributed by atoms with Gasteiger partial charge in [0.15, 0.2) is 5.82 Å². The number of nitrogens with zero attached hydrogens (tertiary/aromatic N) is 4. The Kier molecular flexibility index (Phi) is 3.07. The van der Waals surface area contributed by atoms with Crippen LogP contribution in [0.4, 0.5) is 11.8 Å². The summed E-state index contributed by atoms with van der Waals surface area (Å²) < 4.78 is 1.63. The van der Waals surface area contributed by atoms with Gasteiger partial charge >= 0.3 is 0 Å². The minimum absolute atomic E-state index is 0.0241. The van der Waals surface area contributed by atoms with E-state index in [4.69, 9.17) is 21.7 Å². The number of aliphatic hydroxyl groups excluding tert-OH is 2. The van der Waals surface area contributed by atoms with Crippen LogP contribution in [0.2, 0.25) is 0 Å². The first-order valence-electron chi connectivity index (χ1n) is 5.27. The standard InChI is InChI=1S/C9H16N6O2/c10-8-7-1-2-14(15(7)9(11)12-8)13(3-5-16)4-6-17/h1-2,16-17H,3-6,10H2,(H2,11,12). The first-order chi connectivity index (χ1) is 8.19. The molecule has 0 spiro atoms. The topological polar surface area (TPSA) is 118 Å². The maximum Gasteiger partial charge on any atom is 0.223 e. The lowest BCUT2D eigenvalue weighted by Gasteiger charge is -2.24. The van der Waals surface area contributed by atoms with Crippen LogP contribution in [-0.4, -0.2) is 50.8 Å². The predicted octanol–water partition coefficient (Wildman–Crippen LogP) is -1.78. The Morgan fingerprint density at radius 2 is 1.88 bits per heavy atom. The summed E-state index contributed by atoms with van der Waals surface area (Å²) in [6.45, 7) is 0.706. The Labute approximate surface area is 97.6 Å². The summed E-state index contributed by atoms with van der Waals surface area (Å²) in [7, 11) is 0. The molecule has 0 aliphatic heterocycles. The summed E-state index contributed by atoms with van der Waals surface area (Å²) in [5.74, 6) is 0.623. The van der Waals surface area contributed by atoms with E-state index < -0.39 is 0 Å². The van der Waals surface area contributed by atoms with Crippen molar-refractivity contribution in [2.45, 2.75) is 0 Å². The second kappa shape index (κ2) is 4.52. The highest BCUT2D eigenvalue weighted by Crippen LogP contribution is 2.17. The molecule has 0 atom stereocenters. The van der Waals surface area contributed by atoms with Crippen LogP contribution in [-0.2, 0) is 0 Å². The van der Waals surface area contributed by atoms with Crippen molar-refractivity contribution in [3.63, 3.8) is 0 Å². The number of hydrogen-bond donors (Lipinski definition) is 4. The van der Waals surface area contributed by atoms with Gasteiger partial charge in [0.1, 0.15) is 5.52 Å². The highest BCUT2D eigenvalue weighted by atomic mass is 16.3. The van der Waals surface area contributed by atoms with Crippen molar-refractivity contribution in [1.82, 2.24) is 14.3 Å². The van der Waals surface area contributed by atoms with Crippen molar-refractivity contribution >= 4 is 17.3 Å². The number of aliphatic hydroxyl groups is 2. The summed E-state index contributed by atoms with van der Waals surface area (Å²) in [6.07, 6.45) is 1.76. The molecule has 6 N–H and O–H groups in total. The van der Waals surface area contributed by atoms with Gasteiger partial charge in [0.25, 0.3) is 0 Å². The number of fused-ring (bicyclic) bond motifs is 1. The highest BCUT2D eigenvalue weighted by molar-refractivity contribution is 5.69. The number of hydrogen-bond acceptors (Lipinski definition) is 6. The fourth-order valence-electron chi connectivity index (χ4n) is 1.80. The average Bonchev–Trinajstić information content (AvgIpc) is 2.82. The van der Waals surface area contributed by atoms with E-state index in [9.17, 15) is 0 Å². The number of nitrogen functional groups attached to an aromatic ring is 2. The average molecular weight is 240 g/mol. The summed E-state index contributed by atoms with van der Waals surface area (Å²) in [5.41, 5.74) is 12.1. The monoisotopic (exact) mass is 240 g/mol.